The smallest absolute Gasteiger partial charge is 0.317 e. The standard InChI is InChI=1S/C12H20N4O2/c17-11(6-9-2-1-3-13-9)15-4-5-16-10(8-15)7-14-12(16)18/h9-10,13H,1-8H2,(H,14,18). The maximum atomic E-state index is 12.2. The van der Waals surface area contributed by atoms with Gasteiger partial charge in [-0.25, -0.2) is 4.79 Å². The third-order valence-corrected chi connectivity index (χ3v) is 4.17. The van der Waals surface area contributed by atoms with Crippen molar-refractivity contribution in [2.24, 2.45) is 0 Å². The van der Waals surface area contributed by atoms with E-state index in [1.807, 2.05) is 9.80 Å². The summed E-state index contributed by atoms with van der Waals surface area (Å²) in [6.07, 6.45) is 2.88. The second-order valence-electron chi connectivity index (χ2n) is 5.37. The van der Waals surface area contributed by atoms with Gasteiger partial charge in [0.25, 0.3) is 0 Å². The molecule has 3 aliphatic heterocycles. The van der Waals surface area contributed by atoms with Crippen molar-refractivity contribution in [2.45, 2.75) is 31.3 Å². The van der Waals surface area contributed by atoms with Crippen LogP contribution in [0.4, 0.5) is 4.79 Å². The van der Waals surface area contributed by atoms with Crippen molar-refractivity contribution in [3.8, 4) is 0 Å². The van der Waals surface area contributed by atoms with Gasteiger partial charge >= 0.3 is 6.03 Å². The number of hydrogen-bond acceptors (Lipinski definition) is 3. The van der Waals surface area contributed by atoms with Gasteiger partial charge in [0.2, 0.25) is 5.91 Å². The summed E-state index contributed by atoms with van der Waals surface area (Å²) in [5, 5.41) is 6.19. The largest absolute Gasteiger partial charge is 0.339 e. The van der Waals surface area contributed by atoms with Gasteiger partial charge in [-0.1, -0.05) is 0 Å². The summed E-state index contributed by atoms with van der Waals surface area (Å²) < 4.78 is 0. The SMILES string of the molecule is O=C(CC1CCCN1)N1CCN2C(=O)NCC2C1. The van der Waals surface area contributed by atoms with Crippen LogP contribution in [0.15, 0.2) is 0 Å². The summed E-state index contributed by atoms with van der Waals surface area (Å²) >= 11 is 0. The molecule has 3 aliphatic rings. The van der Waals surface area contributed by atoms with E-state index in [0.717, 1.165) is 13.0 Å². The molecule has 18 heavy (non-hydrogen) atoms. The predicted octanol–water partition coefficient (Wildman–Crippen LogP) is -0.635. The highest BCUT2D eigenvalue weighted by molar-refractivity contribution is 5.79. The average Bonchev–Trinajstić information content (AvgIpc) is 2.99. The van der Waals surface area contributed by atoms with Gasteiger partial charge in [-0.2, -0.15) is 0 Å². The maximum Gasteiger partial charge on any atom is 0.317 e. The van der Waals surface area contributed by atoms with E-state index in [2.05, 4.69) is 10.6 Å². The van der Waals surface area contributed by atoms with E-state index in [1.54, 1.807) is 0 Å². The maximum absolute atomic E-state index is 12.2. The quantitative estimate of drug-likeness (QED) is 0.687. The molecule has 0 spiro atoms. The number of amides is 3. The van der Waals surface area contributed by atoms with Crippen molar-refractivity contribution in [1.29, 1.82) is 0 Å². The van der Waals surface area contributed by atoms with Gasteiger partial charge in [0.1, 0.15) is 0 Å². The number of hydrogen-bond donors (Lipinski definition) is 2. The first-order valence-corrected chi connectivity index (χ1v) is 6.79. The number of carbonyl (C=O) groups is 2. The first-order valence-electron chi connectivity index (χ1n) is 6.79. The van der Waals surface area contributed by atoms with E-state index in [1.165, 1.54) is 6.42 Å². The molecule has 0 aromatic carbocycles. The number of nitrogens with one attached hydrogen (secondary N) is 2. The van der Waals surface area contributed by atoms with Crippen molar-refractivity contribution < 1.29 is 9.59 Å². The Balaban J connectivity index is 1.54. The zero-order valence-electron chi connectivity index (χ0n) is 10.5. The highest BCUT2D eigenvalue weighted by atomic mass is 16.2. The molecule has 0 bridgehead atoms. The molecule has 0 aromatic heterocycles. The van der Waals surface area contributed by atoms with Crippen molar-refractivity contribution in [1.82, 2.24) is 20.4 Å². The summed E-state index contributed by atoms with van der Waals surface area (Å²) in [7, 11) is 0. The first kappa shape index (κ1) is 11.8. The zero-order chi connectivity index (χ0) is 12.5. The van der Waals surface area contributed by atoms with Gasteiger partial charge in [-0.05, 0) is 19.4 Å². The number of rotatable bonds is 2. The highest BCUT2D eigenvalue weighted by Crippen LogP contribution is 2.17. The molecular weight excluding hydrogens is 232 g/mol. The Kier molecular flexibility index (Phi) is 3.11. The molecule has 0 radical (unpaired) electrons. The molecule has 3 amide bonds. The van der Waals surface area contributed by atoms with E-state index in [9.17, 15) is 9.59 Å². The lowest BCUT2D eigenvalue weighted by atomic mass is 10.1. The summed E-state index contributed by atoms with van der Waals surface area (Å²) in [4.78, 5) is 27.4. The molecule has 3 saturated heterocycles. The fourth-order valence-electron chi connectivity index (χ4n) is 3.10. The van der Waals surface area contributed by atoms with Crippen LogP contribution in [0.1, 0.15) is 19.3 Å². The fraction of sp³-hybridized carbons (Fsp3) is 0.833. The molecule has 2 atom stereocenters. The summed E-state index contributed by atoms with van der Waals surface area (Å²) in [6.45, 7) is 3.73. The third kappa shape index (κ3) is 2.16. The minimum Gasteiger partial charge on any atom is -0.339 e. The van der Waals surface area contributed by atoms with Crippen LogP contribution in [-0.2, 0) is 4.79 Å². The van der Waals surface area contributed by atoms with Crippen LogP contribution < -0.4 is 10.6 Å². The lowest BCUT2D eigenvalue weighted by Gasteiger charge is -2.36. The van der Waals surface area contributed by atoms with Gasteiger partial charge in [-0.15, -0.1) is 0 Å². The van der Waals surface area contributed by atoms with E-state index in [0.29, 0.717) is 38.6 Å². The summed E-state index contributed by atoms with van der Waals surface area (Å²) in [6, 6.07) is 0.551. The minimum atomic E-state index is 0.0181. The third-order valence-electron chi connectivity index (χ3n) is 4.17. The van der Waals surface area contributed by atoms with Crippen molar-refractivity contribution in [3.05, 3.63) is 0 Å². The van der Waals surface area contributed by atoms with Crippen LogP contribution in [0.5, 0.6) is 0 Å². The predicted molar refractivity (Wildman–Crippen MR) is 66.1 cm³/mol. The molecule has 6 heteroatoms. The van der Waals surface area contributed by atoms with Crippen LogP contribution in [0.25, 0.3) is 0 Å². The second kappa shape index (κ2) is 4.76. The Morgan fingerprint density at radius 3 is 3.06 bits per heavy atom. The van der Waals surface area contributed by atoms with Crippen LogP contribution in [0.3, 0.4) is 0 Å². The molecule has 3 rings (SSSR count). The number of urea groups is 1. The van der Waals surface area contributed by atoms with Gasteiger partial charge in [0.15, 0.2) is 0 Å². The Hall–Kier alpha value is -1.30. The molecule has 3 fully saturated rings. The number of piperazine rings is 1. The summed E-state index contributed by atoms with van der Waals surface area (Å²) in [5.41, 5.74) is 0. The van der Waals surface area contributed by atoms with Crippen LogP contribution >= 0.6 is 0 Å². The topological polar surface area (TPSA) is 64.7 Å². The van der Waals surface area contributed by atoms with E-state index < -0.39 is 0 Å². The zero-order valence-corrected chi connectivity index (χ0v) is 10.5. The van der Waals surface area contributed by atoms with Gasteiger partial charge in [0, 0.05) is 38.6 Å². The molecule has 0 saturated carbocycles. The normalized spacial score (nSPS) is 31.4. The van der Waals surface area contributed by atoms with E-state index in [4.69, 9.17) is 0 Å². The van der Waals surface area contributed by atoms with Crippen LogP contribution in [0, 0.1) is 0 Å². The molecule has 100 valence electrons. The fourth-order valence-corrected chi connectivity index (χ4v) is 3.10. The van der Waals surface area contributed by atoms with E-state index >= 15 is 0 Å². The molecule has 3 heterocycles. The first-order chi connectivity index (χ1) is 8.74. The van der Waals surface area contributed by atoms with Gasteiger partial charge in [-0.3, -0.25) is 4.79 Å². The summed E-state index contributed by atoms with van der Waals surface area (Å²) in [5.74, 6) is 0.230. The Bertz CT molecular complexity index is 354. The molecule has 6 nitrogen and oxygen atoms in total. The Morgan fingerprint density at radius 2 is 2.28 bits per heavy atom. The lowest BCUT2D eigenvalue weighted by Crippen LogP contribution is -2.54. The number of nitrogens with zero attached hydrogens (tertiary/aromatic N) is 2. The lowest BCUT2D eigenvalue weighted by molar-refractivity contribution is -0.133. The minimum absolute atomic E-state index is 0.0181. The highest BCUT2D eigenvalue weighted by Gasteiger charge is 2.37. The average molecular weight is 252 g/mol. The van der Waals surface area contributed by atoms with Crippen molar-refractivity contribution in [2.75, 3.05) is 32.7 Å². The Labute approximate surface area is 107 Å². The molecule has 0 aliphatic carbocycles. The van der Waals surface area contributed by atoms with Gasteiger partial charge < -0.3 is 20.4 Å². The number of carbonyl (C=O) groups excluding carboxylic acids is 2. The van der Waals surface area contributed by atoms with E-state index in [-0.39, 0.29) is 18.0 Å². The number of fused-ring (bicyclic) bond motifs is 1. The molecule has 2 N–H and O–H groups in total. The molecule has 2 unspecified atom stereocenters. The van der Waals surface area contributed by atoms with Crippen molar-refractivity contribution in [3.63, 3.8) is 0 Å². The second-order valence-corrected chi connectivity index (χ2v) is 5.37. The molecule has 0 aromatic rings. The molecular formula is C12H20N4O2. The van der Waals surface area contributed by atoms with Crippen LogP contribution in [0.2, 0.25) is 0 Å². The monoisotopic (exact) mass is 252 g/mol. The van der Waals surface area contributed by atoms with Crippen molar-refractivity contribution >= 4 is 11.9 Å². The van der Waals surface area contributed by atoms with Gasteiger partial charge in [0.05, 0.1) is 6.04 Å². The Morgan fingerprint density at radius 1 is 1.39 bits per heavy atom. The van der Waals surface area contributed by atoms with Crippen LogP contribution in [-0.4, -0.2) is 66.5 Å².